The van der Waals surface area contributed by atoms with Crippen molar-refractivity contribution in [2.24, 2.45) is 0 Å². The lowest BCUT2D eigenvalue weighted by molar-refractivity contribution is -0.870. The summed E-state index contributed by atoms with van der Waals surface area (Å²) < 4.78 is 5.19. The molecule has 0 rings (SSSR count). The van der Waals surface area contributed by atoms with Crippen LogP contribution >= 0.6 is 0 Å². The summed E-state index contributed by atoms with van der Waals surface area (Å²) in [5.41, 5.74) is 0. The highest BCUT2D eigenvalue weighted by Gasteiger charge is 2.14. The van der Waals surface area contributed by atoms with Crippen molar-refractivity contribution in [1.29, 1.82) is 0 Å². The van der Waals surface area contributed by atoms with Gasteiger partial charge in [-0.3, -0.25) is 0 Å². The molecule has 0 saturated carbocycles. The minimum atomic E-state index is -2.02. The number of ether oxygens (including phenoxy) is 1. The third-order valence-electron chi connectivity index (χ3n) is 1.22. The minimum Gasteiger partial charge on any atom is -0.456 e. The Morgan fingerprint density at radius 3 is 2.25 bits per heavy atom. The molecular formula is C7H16NO4+. The molecule has 0 aromatic rings. The number of quaternary nitrogens is 1. The van der Waals surface area contributed by atoms with Gasteiger partial charge in [0.05, 0.1) is 21.1 Å². The Morgan fingerprint density at radius 2 is 1.92 bits per heavy atom. The van der Waals surface area contributed by atoms with Crippen molar-refractivity contribution in [3.63, 3.8) is 0 Å². The lowest BCUT2D eigenvalue weighted by Gasteiger charge is -2.23. The molecule has 12 heavy (non-hydrogen) atoms. The van der Waals surface area contributed by atoms with Crippen molar-refractivity contribution < 1.29 is 24.2 Å². The Balaban J connectivity index is 3.51. The first kappa shape index (κ1) is 11.4. The van der Waals surface area contributed by atoms with Crippen LogP contribution < -0.4 is 0 Å². The summed E-state index contributed by atoms with van der Waals surface area (Å²) in [7, 11) is 5.84. The van der Waals surface area contributed by atoms with Crippen LogP contribution in [0.15, 0.2) is 0 Å². The van der Waals surface area contributed by atoms with Gasteiger partial charge in [0, 0.05) is 0 Å². The number of aliphatic hydroxyl groups is 2. The van der Waals surface area contributed by atoms with E-state index >= 15 is 0 Å². The maximum absolute atomic E-state index is 10.5. The van der Waals surface area contributed by atoms with Crippen LogP contribution in [0.5, 0.6) is 0 Å². The van der Waals surface area contributed by atoms with Crippen molar-refractivity contribution >= 4 is 5.97 Å². The second-order valence-corrected chi connectivity index (χ2v) is 3.56. The normalized spacial score (nSPS) is 11.8. The van der Waals surface area contributed by atoms with E-state index < -0.39 is 12.3 Å². The predicted molar refractivity (Wildman–Crippen MR) is 42.1 cm³/mol. The second kappa shape index (κ2) is 4.39. The Morgan fingerprint density at radius 1 is 1.42 bits per heavy atom. The number of likely N-dealkylation sites (N-methyl/N-ethyl adjacent to an activating group) is 1. The van der Waals surface area contributed by atoms with Crippen LogP contribution in [-0.2, 0) is 9.53 Å². The van der Waals surface area contributed by atoms with Gasteiger partial charge in [0.1, 0.15) is 13.2 Å². The Bertz CT molecular complexity index is 150. The molecule has 0 aliphatic rings. The van der Waals surface area contributed by atoms with E-state index in [9.17, 15) is 4.79 Å². The lowest BCUT2D eigenvalue weighted by Crippen LogP contribution is -2.38. The van der Waals surface area contributed by atoms with Crippen LogP contribution in [-0.4, -0.2) is 61.3 Å². The molecule has 2 N–H and O–H groups in total. The number of rotatable bonds is 4. The molecular weight excluding hydrogens is 162 g/mol. The molecule has 0 aromatic heterocycles. The SMILES string of the molecule is C[N+](C)(C)CCOC(=O)C(O)O. The van der Waals surface area contributed by atoms with Gasteiger partial charge in [-0.15, -0.1) is 0 Å². The summed E-state index contributed by atoms with van der Waals surface area (Å²) in [5.74, 6) is -0.997. The largest absolute Gasteiger partial charge is 0.456 e. The number of hydrogen-bond donors (Lipinski definition) is 2. The highest BCUT2D eigenvalue weighted by atomic mass is 16.6. The molecule has 0 spiro atoms. The molecule has 72 valence electrons. The topological polar surface area (TPSA) is 66.8 Å². The highest BCUT2D eigenvalue weighted by molar-refractivity contribution is 5.72. The monoisotopic (exact) mass is 178 g/mol. The van der Waals surface area contributed by atoms with E-state index in [0.29, 0.717) is 11.0 Å². The summed E-state index contributed by atoms with van der Waals surface area (Å²) in [6.07, 6.45) is -2.02. The Kier molecular flexibility index (Phi) is 4.16. The van der Waals surface area contributed by atoms with Gasteiger partial charge in [0.2, 0.25) is 0 Å². The molecule has 0 fully saturated rings. The number of esters is 1. The van der Waals surface area contributed by atoms with Gasteiger partial charge in [-0.1, -0.05) is 0 Å². The first-order valence-electron chi connectivity index (χ1n) is 3.66. The molecule has 0 aliphatic carbocycles. The number of hydrogen-bond acceptors (Lipinski definition) is 4. The van der Waals surface area contributed by atoms with Crippen molar-refractivity contribution in [2.45, 2.75) is 6.29 Å². The van der Waals surface area contributed by atoms with E-state index in [1.807, 2.05) is 21.1 Å². The van der Waals surface area contributed by atoms with E-state index in [2.05, 4.69) is 4.74 Å². The summed E-state index contributed by atoms with van der Waals surface area (Å²) in [6, 6.07) is 0. The molecule has 5 nitrogen and oxygen atoms in total. The number of carbonyl (C=O) groups excluding carboxylic acids is 1. The van der Waals surface area contributed by atoms with Crippen LogP contribution in [0.2, 0.25) is 0 Å². The second-order valence-electron chi connectivity index (χ2n) is 3.56. The van der Waals surface area contributed by atoms with Crippen molar-refractivity contribution in [3.8, 4) is 0 Å². The number of nitrogens with zero attached hydrogens (tertiary/aromatic N) is 1. The van der Waals surface area contributed by atoms with Crippen molar-refractivity contribution in [2.75, 3.05) is 34.3 Å². The molecule has 0 radical (unpaired) electrons. The van der Waals surface area contributed by atoms with Crippen molar-refractivity contribution in [3.05, 3.63) is 0 Å². The van der Waals surface area contributed by atoms with E-state index in [4.69, 9.17) is 10.2 Å². The summed E-state index contributed by atoms with van der Waals surface area (Å²) in [6.45, 7) is 0.832. The van der Waals surface area contributed by atoms with Crippen LogP contribution in [0.25, 0.3) is 0 Å². The average Bonchev–Trinajstić information content (AvgIpc) is 1.84. The number of carbonyl (C=O) groups is 1. The molecule has 0 saturated heterocycles. The van der Waals surface area contributed by atoms with Gasteiger partial charge in [0.25, 0.3) is 6.29 Å². The van der Waals surface area contributed by atoms with Gasteiger partial charge < -0.3 is 19.4 Å². The fourth-order valence-corrected chi connectivity index (χ4v) is 0.495. The molecule has 0 unspecified atom stereocenters. The molecule has 0 aromatic carbocycles. The highest BCUT2D eigenvalue weighted by Crippen LogP contribution is 1.91. The minimum absolute atomic E-state index is 0.194. The van der Waals surface area contributed by atoms with Crippen LogP contribution in [0, 0.1) is 0 Å². The quantitative estimate of drug-likeness (QED) is 0.314. The predicted octanol–water partition coefficient (Wildman–Crippen LogP) is -1.45. The first-order chi connectivity index (χ1) is 5.33. The van der Waals surface area contributed by atoms with Crippen molar-refractivity contribution in [1.82, 2.24) is 0 Å². The van der Waals surface area contributed by atoms with Crippen LogP contribution in [0.1, 0.15) is 0 Å². The van der Waals surface area contributed by atoms with E-state index in [-0.39, 0.29) is 6.61 Å². The van der Waals surface area contributed by atoms with Crippen LogP contribution in [0.4, 0.5) is 0 Å². The summed E-state index contributed by atoms with van der Waals surface area (Å²) in [5, 5.41) is 16.7. The maximum atomic E-state index is 10.5. The van der Waals surface area contributed by atoms with Gasteiger partial charge in [-0.05, 0) is 0 Å². The molecule has 0 heterocycles. The zero-order chi connectivity index (χ0) is 9.78. The van der Waals surface area contributed by atoms with Gasteiger partial charge in [-0.25, -0.2) is 4.79 Å². The Hall–Kier alpha value is -0.650. The Labute approximate surface area is 71.8 Å². The zero-order valence-corrected chi connectivity index (χ0v) is 7.65. The average molecular weight is 178 g/mol. The smallest absolute Gasteiger partial charge is 0.363 e. The fraction of sp³-hybridized carbons (Fsp3) is 0.857. The standard InChI is InChI=1S/C7H16NO4/c1-8(2,3)4-5-12-7(11)6(9)10/h6,9-10H,4-5H2,1-3H3/q+1. The van der Waals surface area contributed by atoms with E-state index in [1.165, 1.54) is 0 Å². The third kappa shape index (κ3) is 6.09. The lowest BCUT2D eigenvalue weighted by atomic mass is 10.5. The molecule has 0 atom stereocenters. The molecule has 5 heteroatoms. The third-order valence-corrected chi connectivity index (χ3v) is 1.22. The van der Waals surface area contributed by atoms with Gasteiger partial charge in [-0.2, -0.15) is 0 Å². The molecule has 0 aliphatic heterocycles. The number of aliphatic hydroxyl groups excluding tert-OH is 1. The van der Waals surface area contributed by atoms with Crippen LogP contribution in [0.3, 0.4) is 0 Å². The fourth-order valence-electron chi connectivity index (χ4n) is 0.495. The van der Waals surface area contributed by atoms with Gasteiger partial charge in [0.15, 0.2) is 0 Å². The first-order valence-corrected chi connectivity index (χ1v) is 3.66. The van der Waals surface area contributed by atoms with E-state index in [0.717, 1.165) is 0 Å². The zero-order valence-electron chi connectivity index (χ0n) is 7.65. The van der Waals surface area contributed by atoms with E-state index in [1.54, 1.807) is 0 Å². The molecule has 0 bridgehead atoms. The maximum Gasteiger partial charge on any atom is 0.363 e. The molecule has 0 amide bonds. The summed E-state index contributed by atoms with van der Waals surface area (Å²) in [4.78, 5) is 10.5. The summed E-state index contributed by atoms with van der Waals surface area (Å²) >= 11 is 0. The van der Waals surface area contributed by atoms with Gasteiger partial charge >= 0.3 is 5.97 Å².